The highest BCUT2D eigenvalue weighted by Gasteiger charge is 2.44. The molecular formula is C27H31ClN2O6. The highest BCUT2D eigenvalue weighted by Crippen LogP contribution is 2.41. The van der Waals surface area contributed by atoms with Gasteiger partial charge in [-0.05, 0) is 41.8 Å². The van der Waals surface area contributed by atoms with Gasteiger partial charge in [0.05, 0.1) is 46.1 Å². The van der Waals surface area contributed by atoms with Gasteiger partial charge in [-0.1, -0.05) is 42.5 Å². The number of amides is 1. The minimum Gasteiger partial charge on any atom is -0.872 e. The number of benzene rings is 2. The van der Waals surface area contributed by atoms with Gasteiger partial charge in [0.2, 0.25) is 5.78 Å². The van der Waals surface area contributed by atoms with Crippen LogP contribution in [0.25, 0.3) is 5.76 Å². The third-order valence-electron chi connectivity index (χ3n) is 6.51. The summed E-state index contributed by atoms with van der Waals surface area (Å²) >= 11 is 5.99. The van der Waals surface area contributed by atoms with E-state index in [0.717, 1.165) is 19.5 Å². The fourth-order valence-electron chi connectivity index (χ4n) is 4.58. The Labute approximate surface area is 216 Å². The topological polar surface area (TPSA) is 92.6 Å². The maximum atomic E-state index is 13.6. The van der Waals surface area contributed by atoms with Crippen LogP contribution in [0, 0.1) is 0 Å². The molecule has 1 amide bonds. The number of ketones is 1. The SMILES string of the molecule is CCCOc1ccc(C2C(=C([O-])c3ccc(Cl)cc3)C(=O)C(=O)N2CC[NH+]2CCOCC2)cc1OC. The number of quaternary nitrogens is 1. The van der Waals surface area contributed by atoms with Crippen molar-refractivity contribution < 1.29 is 33.8 Å². The van der Waals surface area contributed by atoms with Gasteiger partial charge < -0.3 is 29.1 Å². The molecule has 2 aliphatic rings. The molecule has 8 nitrogen and oxygen atoms in total. The molecule has 1 N–H and O–H groups in total. The highest BCUT2D eigenvalue weighted by molar-refractivity contribution is 6.46. The molecule has 4 rings (SSSR count). The van der Waals surface area contributed by atoms with Crippen LogP contribution in [-0.4, -0.2) is 69.7 Å². The molecule has 192 valence electrons. The average Bonchev–Trinajstić information content (AvgIpc) is 3.16. The second kappa shape index (κ2) is 11.8. The van der Waals surface area contributed by atoms with E-state index in [0.29, 0.717) is 60.6 Å². The summed E-state index contributed by atoms with van der Waals surface area (Å²) in [6.45, 7) is 6.50. The second-order valence-electron chi connectivity index (χ2n) is 8.85. The summed E-state index contributed by atoms with van der Waals surface area (Å²) in [5.41, 5.74) is 0.851. The van der Waals surface area contributed by atoms with Crippen molar-refractivity contribution in [3.05, 3.63) is 64.2 Å². The minimum absolute atomic E-state index is 0.0661. The molecule has 0 aromatic heterocycles. The quantitative estimate of drug-likeness (QED) is 0.308. The number of morpholine rings is 1. The van der Waals surface area contributed by atoms with Crippen molar-refractivity contribution in [2.45, 2.75) is 19.4 Å². The highest BCUT2D eigenvalue weighted by atomic mass is 35.5. The molecule has 2 aliphatic heterocycles. The first-order valence-electron chi connectivity index (χ1n) is 12.2. The lowest BCUT2D eigenvalue weighted by molar-refractivity contribution is -0.907. The number of hydrogen-bond donors (Lipinski definition) is 1. The molecule has 0 spiro atoms. The van der Waals surface area contributed by atoms with Crippen LogP contribution in [0.5, 0.6) is 11.5 Å². The maximum absolute atomic E-state index is 13.6. The molecule has 2 aromatic carbocycles. The number of carbonyl (C=O) groups is 2. The van der Waals surface area contributed by atoms with Crippen molar-refractivity contribution in [1.29, 1.82) is 0 Å². The lowest BCUT2D eigenvalue weighted by atomic mass is 9.95. The zero-order chi connectivity index (χ0) is 25.7. The largest absolute Gasteiger partial charge is 0.872 e. The first-order valence-corrected chi connectivity index (χ1v) is 12.6. The van der Waals surface area contributed by atoms with Crippen LogP contribution in [0.3, 0.4) is 0 Å². The Hall–Kier alpha value is -3.07. The van der Waals surface area contributed by atoms with E-state index in [2.05, 4.69) is 0 Å². The Morgan fingerprint density at radius 3 is 2.53 bits per heavy atom. The summed E-state index contributed by atoms with van der Waals surface area (Å²) in [6.07, 6.45) is 0.835. The summed E-state index contributed by atoms with van der Waals surface area (Å²) < 4.78 is 16.7. The van der Waals surface area contributed by atoms with E-state index in [9.17, 15) is 14.7 Å². The fraction of sp³-hybridized carbons (Fsp3) is 0.407. The Morgan fingerprint density at radius 1 is 1.14 bits per heavy atom. The predicted octanol–water partition coefficient (Wildman–Crippen LogP) is 1.28. The van der Waals surface area contributed by atoms with Crippen molar-refractivity contribution in [2.24, 2.45) is 0 Å². The van der Waals surface area contributed by atoms with E-state index in [1.54, 1.807) is 42.5 Å². The van der Waals surface area contributed by atoms with Gasteiger partial charge in [0.1, 0.15) is 13.1 Å². The molecule has 0 bridgehead atoms. The number of nitrogens with one attached hydrogen (secondary N) is 1. The maximum Gasteiger partial charge on any atom is 0.295 e. The van der Waals surface area contributed by atoms with Gasteiger partial charge in [-0.3, -0.25) is 9.59 Å². The van der Waals surface area contributed by atoms with Gasteiger partial charge in [0.15, 0.2) is 11.5 Å². The molecule has 9 heteroatoms. The Bertz CT molecular complexity index is 1130. The first-order chi connectivity index (χ1) is 17.4. The van der Waals surface area contributed by atoms with E-state index in [1.807, 2.05) is 6.92 Å². The Kier molecular flexibility index (Phi) is 8.51. The smallest absolute Gasteiger partial charge is 0.295 e. The number of likely N-dealkylation sites (tertiary alicyclic amines) is 1. The zero-order valence-electron chi connectivity index (χ0n) is 20.6. The van der Waals surface area contributed by atoms with E-state index in [4.69, 9.17) is 25.8 Å². The van der Waals surface area contributed by atoms with E-state index < -0.39 is 23.5 Å². The molecule has 0 saturated carbocycles. The monoisotopic (exact) mass is 514 g/mol. The number of Topliss-reactive ketones (excluding diaryl/α,β-unsaturated/α-hetero) is 1. The van der Waals surface area contributed by atoms with Crippen molar-refractivity contribution in [3.8, 4) is 11.5 Å². The average molecular weight is 515 g/mol. The first kappa shape index (κ1) is 26.0. The third-order valence-corrected chi connectivity index (χ3v) is 6.76. The summed E-state index contributed by atoms with van der Waals surface area (Å²) in [4.78, 5) is 29.3. The van der Waals surface area contributed by atoms with Gasteiger partial charge >= 0.3 is 0 Å². The third kappa shape index (κ3) is 5.51. The fourth-order valence-corrected chi connectivity index (χ4v) is 4.70. The predicted molar refractivity (Wildman–Crippen MR) is 133 cm³/mol. The molecule has 36 heavy (non-hydrogen) atoms. The lowest BCUT2D eigenvalue weighted by Gasteiger charge is -2.30. The number of halogens is 1. The minimum atomic E-state index is -0.831. The number of rotatable bonds is 9. The number of hydrogen-bond acceptors (Lipinski definition) is 6. The van der Waals surface area contributed by atoms with Crippen LogP contribution in [0.2, 0.25) is 5.02 Å². The molecule has 1 unspecified atom stereocenters. The van der Waals surface area contributed by atoms with Crippen LogP contribution in [0.1, 0.15) is 30.5 Å². The summed E-state index contributed by atoms with van der Waals surface area (Å²) in [5, 5.41) is 14.0. The molecular weight excluding hydrogens is 484 g/mol. The van der Waals surface area contributed by atoms with Crippen LogP contribution < -0.4 is 19.5 Å². The number of methoxy groups -OCH3 is 1. The van der Waals surface area contributed by atoms with Crippen molar-refractivity contribution in [1.82, 2.24) is 4.90 Å². The summed E-state index contributed by atoms with van der Waals surface area (Å²) in [5.74, 6) is -0.891. The van der Waals surface area contributed by atoms with Crippen LogP contribution >= 0.6 is 11.6 Å². The molecule has 1 atom stereocenters. The van der Waals surface area contributed by atoms with Crippen LogP contribution in [-0.2, 0) is 14.3 Å². The van der Waals surface area contributed by atoms with Gasteiger partial charge in [0.25, 0.3) is 5.91 Å². The molecule has 2 heterocycles. The summed E-state index contributed by atoms with van der Waals surface area (Å²) in [7, 11) is 1.53. The normalized spacial score (nSPS) is 20.1. The van der Waals surface area contributed by atoms with Crippen LogP contribution in [0.15, 0.2) is 48.0 Å². The number of ether oxygens (including phenoxy) is 3. The molecule has 0 radical (unpaired) electrons. The molecule has 2 saturated heterocycles. The number of nitrogens with zero attached hydrogens (tertiary/aromatic N) is 1. The van der Waals surface area contributed by atoms with Crippen molar-refractivity contribution in [2.75, 3.05) is 53.1 Å². The standard InChI is InChI=1S/C27H31ClN2O6/c1-3-14-36-21-9-6-19(17-22(21)34-2)24-23(25(31)18-4-7-20(28)8-5-18)26(32)27(33)30(24)11-10-29-12-15-35-16-13-29/h4-9,17,24,31H,3,10-16H2,1-2H3. The molecule has 0 aliphatic carbocycles. The van der Waals surface area contributed by atoms with Gasteiger partial charge in [0, 0.05) is 10.6 Å². The van der Waals surface area contributed by atoms with E-state index >= 15 is 0 Å². The van der Waals surface area contributed by atoms with Crippen LogP contribution in [0.4, 0.5) is 0 Å². The zero-order valence-corrected chi connectivity index (χ0v) is 21.3. The van der Waals surface area contributed by atoms with Crippen molar-refractivity contribution in [3.63, 3.8) is 0 Å². The van der Waals surface area contributed by atoms with Crippen molar-refractivity contribution >= 4 is 29.1 Å². The second-order valence-corrected chi connectivity index (χ2v) is 9.29. The van der Waals surface area contributed by atoms with E-state index in [1.165, 1.54) is 16.9 Å². The van der Waals surface area contributed by atoms with Gasteiger partial charge in [-0.25, -0.2) is 0 Å². The molecule has 2 fully saturated rings. The van der Waals surface area contributed by atoms with Gasteiger partial charge in [-0.2, -0.15) is 0 Å². The summed E-state index contributed by atoms with van der Waals surface area (Å²) in [6, 6.07) is 10.8. The number of carbonyl (C=O) groups excluding carboxylic acids is 2. The Balaban J connectivity index is 1.75. The van der Waals surface area contributed by atoms with Gasteiger partial charge in [-0.15, -0.1) is 0 Å². The molecule has 2 aromatic rings. The lowest BCUT2D eigenvalue weighted by Crippen LogP contribution is -3.14. The Morgan fingerprint density at radius 2 is 1.86 bits per heavy atom. The van der Waals surface area contributed by atoms with E-state index in [-0.39, 0.29) is 5.57 Å².